The Morgan fingerprint density at radius 3 is 2.50 bits per heavy atom. The predicted octanol–water partition coefficient (Wildman–Crippen LogP) is 3.85. The summed E-state index contributed by atoms with van der Waals surface area (Å²) in [6, 6.07) is 13.3. The minimum atomic E-state index is -0.957. The van der Waals surface area contributed by atoms with Crippen LogP contribution in [0.1, 0.15) is 16.7 Å². The zero-order chi connectivity index (χ0) is 15.9. The van der Waals surface area contributed by atoms with Crippen molar-refractivity contribution in [1.82, 2.24) is 0 Å². The van der Waals surface area contributed by atoms with Crippen molar-refractivity contribution in [2.75, 3.05) is 7.11 Å². The highest BCUT2D eigenvalue weighted by atomic mass is 16.5. The largest absolute Gasteiger partial charge is 0.497 e. The van der Waals surface area contributed by atoms with E-state index < -0.39 is 5.97 Å². The quantitative estimate of drug-likeness (QED) is 0.673. The number of carboxylic acids is 1. The first-order valence-electron chi connectivity index (χ1n) is 6.78. The van der Waals surface area contributed by atoms with Crippen LogP contribution < -0.4 is 4.74 Å². The highest BCUT2D eigenvalue weighted by Crippen LogP contribution is 2.19. The highest BCUT2D eigenvalue weighted by molar-refractivity contribution is 5.86. The summed E-state index contributed by atoms with van der Waals surface area (Å²) in [7, 11) is 1.63. The van der Waals surface area contributed by atoms with Gasteiger partial charge in [0.1, 0.15) is 5.75 Å². The number of ether oxygens (including phenoxy) is 1. The fraction of sp³-hybridized carbons (Fsp3) is 0.111. The Bertz CT molecular complexity index is 716. The summed E-state index contributed by atoms with van der Waals surface area (Å²) in [5.41, 5.74) is 3.64. The van der Waals surface area contributed by atoms with Gasteiger partial charge in [-0.15, -0.1) is 0 Å². The summed E-state index contributed by atoms with van der Waals surface area (Å²) in [5, 5.41) is 8.65. The van der Waals surface area contributed by atoms with Crippen molar-refractivity contribution in [3.8, 4) is 5.75 Å². The van der Waals surface area contributed by atoms with Crippen LogP contribution >= 0.6 is 0 Å². The van der Waals surface area contributed by atoms with Gasteiger partial charge in [0.2, 0.25) is 0 Å². The van der Waals surface area contributed by atoms with Crippen LogP contribution in [0, 0.1) is 6.92 Å². The van der Waals surface area contributed by atoms with Crippen LogP contribution in [-0.4, -0.2) is 24.4 Å². The van der Waals surface area contributed by atoms with Crippen LogP contribution in [0.5, 0.6) is 5.75 Å². The molecule has 0 unspecified atom stereocenters. The molecule has 4 nitrogen and oxygen atoms in total. The third-order valence-corrected chi connectivity index (χ3v) is 3.14. The van der Waals surface area contributed by atoms with Gasteiger partial charge in [-0.05, 0) is 66.1 Å². The average molecular weight is 295 g/mol. The number of hydrogen-bond donors (Lipinski definition) is 1. The second-order valence-electron chi connectivity index (χ2n) is 4.74. The normalized spacial score (nSPS) is 11.2. The van der Waals surface area contributed by atoms with Crippen LogP contribution in [0.15, 0.2) is 53.5 Å². The number of carboxylic acid groups (broad SMARTS) is 1. The van der Waals surface area contributed by atoms with Crippen molar-refractivity contribution in [2.45, 2.75) is 6.92 Å². The Morgan fingerprint density at radius 1 is 1.18 bits per heavy atom. The van der Waals surface area contributed by atoms with E-state index >= 15 is 0 Å². The maximum Gasteiger partial charge on any atom is 0.328 e. The Hall–Kier alpha value is -2.88. The molecule has 0 fully saturated rings. The van der Waals surface area contributed by atoms with E-state index in [4.69, 9.17) is 9.84 Å². The molecular formula is C18H17NO3. The first-order chi connectivity index (χ1) is 10.6. The molecular weight excluding hydrogens is 278 g/mol. The highest BCUT2D eigenvalue weighted by Gasteiger charge is 1.98. The zero-order valence-electron chi connectivity index (χ0n) is 12.5. The summed E-state index contributed by atoms with van der Waals surface area (Å²) in [6.45, 7) is 1.92. The summed E-state index contributed by atoms with van der Waals surface area (Å²) < 4.78 is 5.11. The molecule has 0 aliphatic carbocycles. The van der Waals surface area contributed by atoms with E-state index in [0.29, 0.717) is 0 Å². The number of hydrogen-bond acceptors (Lipinski definition) is 3. The molecule has 2 aromatic rings. The standard InChI is InChI=1S/C18H17NO3/c1-13-11-16(7-5-15(13)6-10-18(20)21)19-12-14-3-8-17(22-2)9-4-14/h3-12H,1-2H3,(H,20,21). The van der Waals surface area contributed by atoms with Gasteiger partial charge < -0.3 is 9.84 Å². The lowest BCUT2D eigenvalue weighted by Gasteiger charge is -2.02. The van der Waals surface area contributed by atoms with Crippen LogP contribution in [0.3, 0.4) is 0 Å². The summed E-state index contributed by atoms with van der Waals surface area (Å²) >= 11 is 0. The molecule has 0 atom stereocenters. The minimum Gasteiger partial charge on any atom is -0.497 e. The number of aryl methyl sites for hydroxylation is 1. The van der Waals surface area contributed by atoms with E-state index in [1.807, 2.05) is 49.4 Å². The van der Waals surface area contributed by atoms with Crippen molar-refractivity contribution < 1.29 is 14.6 Å². The van der Waals surface area contributed by atoms with Crippen LogP contribution in [-0.2, 0) is 4.79 Å². The molecule has 0 radical (unpaired) electrons. The lowest BCUT2D eigenvalue weighted by molar-refractivity contribution is -0.131. The maximum atomic E-state index is 10.5. The molecule has 112 valence electrons. The van der Waals surface area contributed by atoms with Crippen molar-refractivity contribution in [2.24, 2.45) is 4.99 Å². The fourth-order valence-corrected chi connectivity index (χ4v) is 1.93. The van der Waals surface area contributed by atoms with Gasteiger partial charge in [-0.2, -0.15) is 0 Å². The molecule has 0 spiro atoms. The van der Waals surface area contributed by atoms with Crippen LogP contribution in [0.4, 0.5) is 5.69 Å². The van der Waals surface area contributed by atoms with Gasteiger partial charge in [0.15, 0.2) is 0 Å². The zero-order valence-corrected chi connectivity index (χ0v) is 12.5. The molecule has 0 bridgehead atoms. The van der Waals surface area contributed by atoms with Crippen molar-refractivity contribution >= 4 is 23.9 Å². The monoisotopic (exact) mass is 295 g/mol. The Kier molecular flexibility index (Phi) is 5.09. The molecule has 0 aromatic heterocycles. The van der Waals surface area contributed by atoms with E-state index in [1.165, 1.54) is 0 Å². The third kappa shape index (κ3) is 4.31. The number of benzene rings is 2. The Morgan fingerprint density at radius 2 is 1.91 bits per heavy atom. The van der Waals surface area contributed by atoms with Crippen molar-refractivity contribution in [3.63, 3.8) is 0 Å². The van der Waals surface area contributed by atoms with Gasteiger partial charge in [0.25, 0.3) is 0 Å². The van der Waals surface area contributed by atoms with Gasteiger partial charge in [-0.25, -0.2) is 4.79 Å². The molecule has 0 amide bonds. The lowest BCUT2D eigenvalue weighted by atomic mass is 10.1. The maximum absolute atomic E-state index is 10.5. The molecule has 0 aliphatic rings. The van der Waals surface area contributed by atoms with Gasteiger partial charge in [0.05, 0.1) is 12.8 Å². The van der Waals surface area contributed by atoms with E-state index in [0.717, 1.165) is 34.2 Å². The van der Waals surface area contributed by atoms with Gasteiger partial charge in [0, 0.05) is 12.3 Å². The van der Waals surface area contributed by atoms with Crippen LogP contribution in [0.2, 0.25) is 0 Å². The topological polar surface area (TPSA) is 58.9 Å². The number of aliphatic carboxylic acids is 1. The number of carbonyl (C=O) groups is 1. The van der Waals surface area contributed by atoms with Crippen LogP contribution in [0.25, 0.3) is 6.08 Å². The molecule has 2 aromatic carbocycles. The van der Waals surface area contributed by atoms with E-state index in [2.05, 4.69) is 4.99 Å². The summed E-state index contributed by atoms with van der Waals surface area (Å²) in [6.07, 6.45) is 4.48. The summed E-state index contributed by atoms with van der Waals surface area (Å²) in [5.74, 6) is -0.149. The van der Waals surface area contributed by atoms with Gasteiger partial charge in [-0.3, -0.25) is 4.99 Å². The SMILES string of the molecule is COc1ccc(C=Nc2ccc(C=CC(=O)O)c(C)c2)cc1. The van der Waals surface area contributed by atoms with E-state index in [1.54, 1.807) is 19.4 Å². The first kappa shape index (κ1) is 15.5. The second-order valence-corrected chi connectivity index (χ2v) is 4.74. The number of aliphatic imine (C=N–C) groups is 1. The molecule has 0 aliphatic heterocycles. The smallest absolute Gasteiger partial charge is 0.328 e. The van der Waals surface area contributed by atoms with Gasteiger partial charge in [-0.1, -0.05) is 6.07 Å². The fourth-order valence-electron chi connectivity index (χ4n) is 1.93. The molecule has 2 rings (SSSR count). The molecule has 0 heterocycles. The number of nitrogens with zero attached hydrogens (tertiary/aromatic N) is 1. The van der Waals surface area contributed by atoms with Crippen molar-refractivity contribution in [3.05, 3.63) is 65.2 Å². The number of methoxy groups -OCH3 is 1. The Labute approximate surface area is 129 Å². The minimum absolute atomic E-state index is 0.808. The lowest BCUT2D eigenvalue weighted by Crippen LogP contribution is -1.87. The molecule has 0 saturated carbocycles. The number of rotatable bonds is 5. The Balaban J connectivity index is 2.14. The third-order valence-electron chi connectivity index (χ3n) is 3.14. The first-order valence-corrected chi connectivity index (χ1v) is 6.78. The van der Waals surface area contributed by atoms with Crippen molar-refractivity contribution in [1.29, 1.82) is 0 Å². The molecule has 1 N–H and O–H groups in total. The molecule has 4 heteroatoms. The van der Waals surface area contributed by atoms with Gasteiger partial charge >= 0.3 is 5.97 Å². The predicted molar refractivity (Wildman–Crippen MR) is 88.1 cm³/mol. The molecule has 0 saturated heterocycles. The van der Waals surface area contributed by atoms with E-state index in [9.17, 15) is 4.79 Å². The second kappa shape index (κ2) is 7.22. The average Bonchev–Trinajstić information content (AvgIpc) is 2.52. The van der Waals surface area contributed by atoms with E-state index in [-0.39, 0.29) is 0 Å². The summed E-state index contributed by atoms with van der Waals surface area (Å²) in [4.78, 5) is 15.0. The molecule has 22 heavy (non-hydrogen) atoms.